The van der Waals surface area contributed by atoms with Gasteiger partial charge in [0.05, 0.1) is 4.90 Å². The number of anilines is 1. The number of amides is 1. The van der Waals surface area contributed by atoms with Crippen molar-refractivity contribution in [2.75, 3.05) is 5.32 Å². The fraction of sp³-hybridized carbons (Fsp3) is 0.333. The number of nitrogens with one attached hydrogen (secondary N) is 3. The van der Waals surface area contributed by atoms with Crippen molar-refractivity contribution in [1.82, 2.24) is 4.72 Å². The number of carbonyl (C=O) groups excluding carboxylic acids is 1. The first-order chi connectivity index (χ1) is 14.3. The summed E-state index contributed by atoms with van der Waals surface area (Å²) in [5.74, 6) is -1.21. The molecule has 3 rings (SSSR count). The van der Waals surface area contributed by atoms with Gasteiger partial charge in [-0.2, -0.15) is 4.72 Å². The van der Waals surface area contributed by atoms with Crippen LogP contribution in [0.4, 0.5) is 10.1 Å². The lowest BCUT2D eigenvalue weighted by Crippen LogP contribution is -2.49. The number of hydrogen-bond donors (Lipinski definition) is 4. The van der Waals surface area contributed by atoms with Crippen LogP contribution in [-0.2, 0) is 14.8 Å². The molecule has 9 heteroatoms. The highest BCUT2D eigenvalue weighted by Gasteiger charge is 2.33. The van der Waals surface area contributed by atoms with Crippen LogP contribution in [0.2, 0.25) is 0 Å². The molecule has 30 heavy (non-hydrogen) atoms. The molecule has 160 valence electrons. The van der Waals surface area contributed by atoms with Gasteiger partial charge in [0.25, 0.3) is 0 Å². The minimum atomic E-state index is -4.00. The van der Waals surface area contributed by atoms with Gasteiger partial charge in [-0.05, 0) is 67.3 Å². The van der Waals surface area contributed by atoms with Crippen molar-refractivity contribution < 1.29 is 17.6 Å². The first-order valence-corrected chi connectivity index (χ1v) is 11.3. The predicted molar refractivity (Wildman–Crippen MR) is 113 cm³/mol. The van der Waals surface area contributed by atoms with E-state index in [1.807, 2.05) is 0 Å². The maximum atomic E-state index is 13.2. The first-order valence-electron chi connectivity index (χ1n) is 9.79. The van der Waals surface area contributed by atoms with Crippen molar-refractivity contribution in [3.63, 3.8) is 0 Å². The van der Waals surface area contributed by atoms with E-state index in [1.165, 1.54) is 12.1 Å². The lowest BCUT2D eigenvalue weighted by molar-refractivity contribution is -0.119. The normalized spacial score (nSPS) is 16.0. The molecule has 2 aromatic rings. The Bertz CT molecular complexity index is 1000. The van der Waals surface area contributed by atoms with Gasteiger partial charge in [0.1, 0.15) is 17.7 Å². The number of nitrogens with two attached hydrogens (primary N) is 1. The maximum Gasteiger partial charge on any atom is 0.242 e. The van der Waals surface area contributed by atoms with E-state index in [0.29, 0.717) is 11.3 Å². The van der Waals surface area contributed by atoms with Crippen molar-refractivity contribution in [2.45, 2.75) is 43.0 Å². The Balaban J connectivity index is 1.81. The van der Waals surface area contributed by atoms with E-state index in [4.69, 9.17) is 11.1 Å². The van der Waals surface area contributed by atoms with Crippen LogP contribution >= 0.6 is 0 Å². The largest absolute Gasteiger partial charge is 0.384 e. The quantitative estimate of drug-likeness (QED) is 0.396. The molecule has 0 spiro atoms. The zero-order valence-electron chi connectivity index (χ0n) is 16.4. The monoisotopic (exact) mass is 432 g/mol. The molecule has 0 saturated heterocycles. The third-order valence-electron chi connectivity index (χ3n) is 5.27. The van der Waals surface area contributed by atoms with Gasteiger partial charge in [0.15, 0.2) is 0 Å². The van der Waals surface area contributed by atoms with Crippen LogP contribution in [0.3, 0.4) is 0 Å². The number of benzene rings is 2. The first kappa shape index (κ1) is 21.9. The van der Waals surface area contributed by atoms with Crippen LogP contribution in [-0.4, -0.2) is 26.2 Å². The summed E-state index contributed by atoms with van der Waals surface area (Å²) in [6.45, 7) is 0. The fourth-order valence-corrected chi connectivity index (χ4v) is 4.90. The average Bonchev–Trinajstić information content (AvgIpc) is 2.73. The minimum Gasteiger partial charge on any atom is -0.384 e. The molecule has 1 fully saturated rings. The van der Waals surface area contributed by atoms with E-state index in [9.17, 15) is 17.6 Å². The number of nitrogen functional groups attached to an aromatic ring is 1. The van der Waals surface area contributed by atoms with Crippen LogP contribution in [0.25, 0.3) is 0 Å². The van der Waals surface area contributed by atoms with Gasteiger partial charge in [-0.15, -0.1) is 0 Å². The zero-order chi connectivity index (χ0) is 21.7. The highest BCUT2D eigenvalue weighted by molar-refractivity contribution is 7.89. The standard InChI is InChI=1S/C21H25FN4O3S/c22-16-8-12-18(13-9-16)30(28,29)26-19(14-4-2-1-3-5-14)21(27)25-17-10-6-15(7-11-17)20(23)24/h6-14,19,26H,1-5H2,(H3,23,24)(H,25,27)/t19-/m1/s1. The molecule has 1 aliphatic carbocycles. The molecular formula is C21H25FN4O3S. The Morgan fingerprint density at radius 3 is 2.20 bits per heavy atom. The van der Waals surface area contributed by atoms with E-state index < -0.39 is 27.8 Å². The Kier molecular flexibility index (Phi) is 6.84. The molecule has 5 N–H and O–H groups in total. The minimum absolute atomic E-state index is 0.0833. The summed E-state index contributed by atoms with van der Waals surface area (Å²) in [4.78, 5) is 12.9. The molecule has 0 radical (unpaired) electrons. The third kappa shape index (κ3) is 5.43. The number of rotatable bonds is 7. The SMILES string of the molecule is N=C(N)c1ccc(NC(=O)[C@H](NS(=O)(=O)c2ccc(F)cc2)C2CCCCC2)cc1. The Hall–Kier alpha value is -2.78. The number of sulfonamides is 1. The Morgan fingerprint density at radius 1 is 1.03 bits per heavy atom. The molecule has 1 amide bonds. The van der Waals surface area contributed by atoms with Gasteiger partial charge in [-0.3, -0.25) is 10.2 Å². The van der Waals surface area contributed by atoms with E-state index in [-0.39, 0.29) is 16.6 Å². The second-order valence-electron chi connectivity index (χ2n) is 7.43. The maximum absolute atomic E-state index is 13.2. The van der Waals surface area contributed by atoms with Crippen LogP contribution in [0.5, 0.6) is 0 Å². The second-order valence-corrected chi connectivity index (χ2v) is 9.15. The molecular weight excluding hydrogens is 407 g/mol. The van der Waals surface area contributed by atoms with Gasteiger partial charge in [0, 0.05) is 11.3 Å². The van der Waals surface area contributed by atoms with Crippen molar-refractivity contribution >= 4 is 27.5 Å². The molecule has 1 atom stereocenters. The summed E-state index contributed by atoms with van der Waals surface area (Å²) in [5.41, 5.74) is 6.44. The molecule has 7 nitrogen and oxygen atoms in total. The van der Waals surface area contributed by atoms with Crippen LogP contribution in [0, 0.1) is 17.1 Å². The molecule has 2 aromatic carbocycles. The summed E-state index contributed by atoms with van der Waals surface area (Å²) < 4.78 is 41.4. The second kappa shape index (κ2) is 9.36. The predicted octanol–water partition coefficient (Wildman–Crippen LogP) is 2.98. The van der Waals surface area contributed by atoms with Gasteiger partial charge in [0.2, 0.25) is 15.9 Å². The summed E-state index contributed by atoms with van der Waals surface area (Å²) in [7, 11) is -4.00. The van der Waals surface area contributed by atoms with Crippen molar-refractivity contribution in [1.29, 1.82) is 5.41 Å². The Morgan fingerprint density at radius 2 is 1.63 bits per heavy atom. The average molecular weight is 433 g/mol. The fourth-order valence-electron chi connectivity index (χ4n) is 3.63. The lowest BCUT2D eigenvalue weighted by atomic mass is 9.84. The summed E-state index contributed by atoms with van der Waals surface area (Å²) in [6, 6.07) is 9.98. The van der Waals surface area contributed by atoms with Crippen LogP contribution in [0.1, 0.15) is 37.7 Å². The third-order valence-corrected chi connectivity index (χ3v) is 6.73. The van der Waals surface area contributed by atoms with Crippen molar-refractivity contribution in [3.05, 3.63) is 59.9 Å². The van der Waals surface area contributed by atoms with Crippen molar-refractivity contribution in [2.24, 2.45) is 11.7 Å². The smallest absolute Gasteiger partial charge is 0.242 e. The number of halogens is 1. The molecule has 0 aromatic heterocycles. The molecule has 0 heterocycles. The van der Waals surface area contributed by atoms with Gasteiger partial charge in [-0.1, -0.05) is 19.3 Å². The van der Waals surface area contributed by atoms with E-state index in [0.717, 1.165) is 44.2 Å². The van der Waals surface area contributed by atoms with Gasteiger partial charge >= 0.3 is 0 Å². The molecule has 1 aliphatic rings. The number of hydrogen-bond acceptors (Lipinski definition) is 4. The molecule has 0 unspecified atom stereocenters. The molecule has 0 aliphatic heterocycles. The van der Waals surface area contributed by atoms with E-state index in [2.05, 4.69) is 10.0 Å². The van der Waals surface area contributed by atoms with E-state index in [1.54, 1.807) is 24.3 Å². The van der Waals surface area contributed by atoms with Crippen molar-refractivity contribution in [3.8, 4) is 0 Å². The zero-order valence-corrected chi connectivity index (χ0v) is 17.2. The molecule has 0 bridgehead atoms. The van der Waals surface area contributed by atoms with E-state index >= 15 is 0 Å². The lowest BCUT2D eigenvalue weighted by Gasteiger charge is -2.30. The molecule has 1 saturated carbocycles. The highest BCUT2D eigenvalue weighted by Crippen LogP contribution is 2.28. The summed E-state index contributed by atoms with van der Waals surface area (Å²) >= 11 is 0. The van der Waals surface area contributed by atoms with Gasteiger partial charge < -0.3 is 11.1 Å². The summed E-state index contributed by atoms with van der Waals surface area (Å²) in [6.07, 6.45) is 4.41. The topological polar surface area (TPSA) is 125 Å². The highest BCUT2D eigenvalue weighted by atomic mass is 32.2. The van der Waals surface area contributed by atoms with Crippen LogP contribution in [0.15, 0.2) is 53.4 Å². The number of amidine groups is 1. The van der Waals surface area contributed by atoms with Gasteiger partial charge in [-0.25, -0.2) is 12.8 Å². The Labute approximate surface area is 175 Å². The summed E-state index contributed by atoms with van der Waals surface area (Å²) in [5, 5.41) is 10.2. The number of carbonyl (C=O) groups is 1. The van der Waals surface area contributed by atoms with Crippen LogP contribution < -0.4 is 15.8 Å².